The highest BCUT2D eigenvalue weighted by Crippen LogP contribution is 2.29. The summed E-state index contributed by atoms with van der Waals surface area (Å²) in [7, 11) is 0. The molecule has 6 nitrogen and oxygen atoms in total. The molecule has 1 saturated heterocycles. The van der Waals surface area contributed by atoms with Gasteiger partial charge in [-0.15, -0.1) is 5.48 Å². The van der Waals surface area contributed by atoms with E-state index in [4.69, 9.17) is 16.4 Å². The first kappa shape index (κ1) is 22.2. The maximum atomic E-state index is 13.8. The third kappa shape index (κ3) is 5.79. The molecule has 1 amide bonds. The highest BCUT2D eigenvalue weighted by Gasteiger charge is 2.33. The third-order valence-electron chi connectivity index (χ3n) is 5.02. The van der Waals surface area contributed by atoms with Crippen molar-refractivity contribution in [2.45, 2.75) is 45.2 Å². The number of hydrogen-bond acceptors (Lipinski definition) is 5. The Hall–Kier alpha value is -2.45. The predicted molar refractivity (Wildman–Crippen MR) is 112 cm³/mol. The van der Waals surface area contributed by atoms with E-state index in [1.54, 1.807) is 18.0 Å². The zero-order valence-corrected chi connectivity index (χ0v) is 17.5. The van der Waals surface area contributed by atoms with Crippen molar-refractivity contribution in [3.8, 4) is 0 Å². The number of hydrogen-bond donors (Lipinski definition) is 2. The highest BCUT2D eigenvalue weighted by molar-refractivity contribution is 6.29. The minimum Gasteiger partial charge on any atom is -0.391 e. The summed E-state index contributed by atoms with van der Waals surface area (Å²) in [6.45, 7) is 6.10. The fourth-order valence-corrected chi connectivity index (χ4v) is 3.58. The Bertz CT molecular complexity index is 859. The molecule has 2 unspecified atom stereocenters. The maximum absolute atomic E-state index is 13.8. The summed E-state index contributed by atoms with van der Waals surface area (Å²) in [4.78, 5) is 24.4. The monoisotopic (exact) mass is 438 g/mol. The second-order valence-corrected chi connectivity index (χ2v) is 8.03. The maximum Gasteiger partial charge on any atom is 0.227 e. The van der Waals surface area contributed by atoms with Crippen LogP contribution in [0.3, 0.4) is 0 Å². The molecule has 162 valence electrons. The van der Waals surface area contributed by atoms with E-state index < -0.39 is 11.7 Å². The molecule has 9 heteroatoms. The zero-order chi connectivity index (χ0) is 21.7. The molecule has 2 heterocycles. The number of hydroxylamine groups is 1. The van der Waals surface area contributed by atoms with Crippen LogP contribution in [-0.2, 0) is 9.63 Å². The topological polar surface area (TPSA) is 66.0 Å². The van der Waals surface area contributed by atoms with Gasteiger partial charge in [0.15, 0.2) is 11.7 Å². The van der Waals surface area contributed by atoms with E-state index in [2.05, 4.69) is 22.4 Å². The molecule has 2 atom stereocenters. The number of likely N-dealkylation sites (tertiary alicyclic amines) is 1. The molecule has 3 aliphatic rings. The van der Waals surface area contributed by atoms with Gasteiger partial charge in [-0.25, -0.2) is 13.8 Å². The van der Waals surface area contributed by atoms with Gasteiger partial charge in [-0.05, 0) is 31.9 Å². The summed E-state index contributed by atoms with van der Waals surface area (Å²) in [6.07, 6.45) is 7.40. The van der Waals surface area contributed by atoms with Crippen molar-refractivity contribution in [3.05, 3.63) is 59.1 Å². The molecular weight excluding hydrogens is 414 g/mol. The van der Waals surface area contributed by atoms with Gasteiger partial charge in [0, 0.05) is 47.9 Å². The van der Waals surface area contributed by atoms with Crippen molar-refractivity contribution in [1.82, 2.24) is 15.7 Å². The second kappa shape index (κ2) is 10.0. The largest absolute Gasteiger partial charge is 0.391 e. The van der Waals surface area contributed by atoms with E-state index in [1.807, 2.05) is 0 Å². The molecule has 0 bridgehead atoms. The summed E-state index contributed by atoms with van der Waals surface area (Å²) >= 11 is 5.78. The highest BCUT2D eigenvalue weighted by atomic mass is 35.5. The minimum atomic E-state index is -0.958. The molecule has 1 aliphatic carbocycles. The number of nitrogens with one attached hydrogen (secondary N) is 2. The van der Waals surface area contributed by atoms with Crippen LogP contribution in [0, 0.1) is 5.92 Å². The van der Waals surface area contributed by atoms with Gasteiger partial charge in [-0.1, -0.05) is 24.3 Å². The van der Waals surface area contributed by atoms with Gasteiger partial charge < -0.3 is 15.1 Å². The molecule has 0 spiro atoms. The van der Waals surface area contributed by atoms with E-state index in [9.17, 15) is 13.6 Å². The number of aliphatic imine (C=N–C) groups is 1. The van der Waals surface area contributed by atoms with Gasteiger partial charge in [0.2, 0.25) is 11.8 Å². The lowest BCUT2D eigenvalue weighted by molar-refractivity contribution is -0.129. The standard InChI is InChI=1S/C21H25ClF2N4O2/c1-13(22)12-25-14(2)9-19-26-21(27-30-19)15-5-4-8-28(20(29)10-15)16-6-3-7-17(23)18(24)11-16/h3,7,11-12,15,21,25,27H,2,4-6,8-10H2,1H3/b13-12+. The van der Waals surface area contributed by atoms with Gasteiger partial charge in [-0.3, -0.25) is 4.79 Å². The van der Waals surface area contributed by atoms with E-state index in [0.717, 1.165) is 25.0 Å². The van der Waals surface area contributed by atoms with E-state index >= 15 is 0 Å². The smallest absolute Gasteiger partial charge is 0.227 e. The number of amides is 1. The van der Waals surface area contributed by atoms with Crippen molar-refractivity contribution in [1.29, 1.82) is 0 Å². The number of carbonyl (C=O) groups is 1. The van der Waals surface area contributed by atoms with Crippen LogP contribution >= 0.6 is 11.6 Å². The van der Waals surface area contributed by atoms with Gasteiger partial charge in [-0.2, -0.15) is 0 Å². The lowest BCUT2D eigenvalue weighted by Gasteiger charge is -2.23. The van der Waals surface area contributed by atoms with Crippen molar-refractivity contribution in [3.63, 3.8) is 0 Å². The summed E-state index contributed by atoms with van der Waals surface area (Å²) in [6, 6.07) is 0. The van der Waals surface area contributed by atoms with Crippen molar-refractivity contribution < 1.29 is 18.4 Å². The van der Waals surface area contributed by atoms with Gasteiger partial charge in [0.1, 0.15) is 6.17 Å². The van der Waals surface area contributed by atoms with Crippen molar-refractivity contribution in [2.24, 2.45) is 10.9 Å². The van der Waals surface area contributed by atoms with Crippen molar-refractivity contribution >= 4 is 23.4 Å². The van der Waals surface area contributed by atoms with E-state index in [1.165, 1.54) is 6.08 Å². The van der Waals surface area contributed by atoms with Gasteiger partial charge in [0.25, 0.3) is 0 Å². The fraction of sp³-hybridized carbons (Fsp3) is 0.429. The molecule has 2 aliphatic heterocycles. The van der Waals surface area contributed by atoms with Gasteiger partial charge >= 0.3 is 0 Å². The molecule has 0 saturated carbocycles. The number of allylic oxidation sites excluding steroid dienone is 6. The first-order valence-corrected chi connectivity index (χ1v) is 10.2. The molecule has 30 heavy (non-hydrogen) atoms. The molecular formula is C21H25ClF2N4O2. The number of rotatable bonds is 6. The number of nitrogens with zero attached hydrogens (tertiary/aromatic N) is 2. The third-order valence-corrected chi connectivity index (χ3v) is 5.13. The number of halogens is 3. The lowest BCUT2D eigenvalue weighted by atomic mass is 9.97. The second-order valence-electron chi connectivity index (χ2n) is 7.43. The lowest BCUT2D eigenvalue weighted by Crippen LogP contribution is -2.34. The zero-order valence-electron chi connectivity index (χ0n) is 16.8. The molecule has 0 aromatic rings. The Balaban J connectivity index is 1.62. The van der Waals surface area contributed by atoms with Gasteiger partial charge in [0.05, 0.1) is 6.42 Å². The Labute approximate surface area is 179 Å². The molecule has 3 rings (SSSR count). The van der Waals surface area contributed by atoms with Crippen LogP contribution in [-0.4, -0.2) is 29.4 Å². The molecule has 0 aromatic heterocycles. The molecule has 2 N–H and O–H groups in total. The minimum absolute atomic E-state index is 0.0646. The Kier molecular flexibility index (Phi) is 7.44. The molecule has 0 radical (unpaired) electrons. The summed E-state index contributed by atoms with van der Waals surface area (Å²) in [5, 5.41) is 3.56. The van der Waals surface area contributed by atoms with Crippen LogP contribution < -0.4 is 10.8 Å². The fourth-order valence-electron chi connectivity index (χ4n) is 3.53. The van der Waals surface area contributed by atoms with Crippen LogP contribution in [0.15, 0.2) is 64.1 Å². The molecule has 1 fully saturated rings. The number of carbonyl (C=O) groups excluding carboxylic acids is 1. The van der Waals surface area contributed by atoms with Crippen LogP contribution in [0.4, 0.5) is 8.78 Å². The average molecular weight is 439 g/mol. The Morgan fingerprint density at radius 3 is 3.07 bits per heavy atom. The summed E-state index contributed by atoms with van der Waals surface area (Å²) < 4.78 is 27.3. The van der Waals surface area contributed by atoms with E-state index in [-0.39, 0.29) is 24.4 Å². The summed E-state index contributed by atoms with van der Waals surface area (Å²) in [5.74, 6) is -1.60. The van der Waals surface area contributed by atoms with Crippen LogP contribution in [0.1, 0.15) is 39.0 Å². The Morgan fingerprint density at radius 1 is 1.50 bits per heavy atom. The van der Waals surface area contributed by atoms with E-state index in [0.29, 0.717) is 41.7 Å². The first-order valence-electron chi connectivity index (χ1n) is 9.82. The first-order chi connectivity index (χ1) is 14.3. The van der Waals surface area contributed by atoms with Crippen LogP contribution in [0.25, 0.3) is 0 Å². The van der Waals surface area contributed by atoms with Crippen molar-refractivity contribution in [2.75, 3.05) is 6.54 Å². The SMILES string of the molecule is C=C(CC1=NC(C2CCCN(C3=CC(F)=C(F)C=CC3)C(=O)C2)NO1)N/C=C(\C)Cl. The summed E-state index contributed by atoms with van der Waals surface area (Å²) in [5.41, 5.74) is 4.03. The predicted octanol–water partition coefficient (Wildman–Crippen LogP) is 4.46. The quantitative estimate of drug-likeness (QED) is 0.642. The van der Waals surface area contributed by atoms with Crippen LogP contribution in [0.5, 0.6) is 0 Å². The average Bonchev–Trinajstić information content (AvgIpc) is 2.98. The van der Waals surface area contributed by atoms with Crippen LogP contribution in [0.2, 0.25) is 0 Å². The Morgan fingerprint density at radius 2 is 2.30 bits per heavy atom. The normalized spacial score (nSPS) is 25.4. The molecule has 0 aromatic carbocycles.